The summed E-state index contributed by atoms with van der Waals surface area (Å²) in [4.78, 5) is 25.4. The Morgan fingerprint density at radius 3 is 1.96 bits per heavy atom. The average Bonchev–Trinajstić information content (AvgIpc) is 2.55. The van der Waals surface area contributed by atoms with E-state index in [0.29, 0.717) is 13.2 Å². The maximum Gasteiger partial charge on any atom is 0.324 e. The fourth-order valence-corrected chi connectivity index (χ4v) is 2.28. The lowest BCUT2D eigenvalue weighted by Crippen LogP contribution is -2.42. The van der Waals surface area contributed by atoms with Crippen molar-refractivity contribution < 1.29 is 23.8 Å². The van der Waals surface area contributed by atoms with Crippen LogP contribution in [-0.2, 0) is 23.8 Å². The van der Waals surface area contributed by atoms with E-state index in [1.165, 1.54) is 0 Å². The Hall–Kier alpha value is -1.88. The molecule has 0 N–H and O–H groups in total. The van der Waals surface area contributed by atoms with E-state index in [4.69, 9.17) is 14.2 Å². The highest BCUT2D eigenvalue weighted by atomic mass is 16.6. The number of ether oxygens (including phenoxy) is 3. The Kier molecular flexibility index (Phi) is 11.5. The van der Waals surface area contributed by atoms with Gasteiger partial charge in [-0.3, -0.25) is 9.59 Å². The van der Waals surface area contributed by atoms with Gasteiger partial charge in [0.25, 0.3) is 0 Å². The second-order valence-corrected chi connectivity index (χ2v) is 6.06. The maximum atomic E-state index is 12.7. The molecule has 0 aliphatic carbocycles. The van der Waals surface area contributed by atoms with Crippen LogP contribution in [0, 0.1) is 5.41 Å². The van der Waals surface area contributed by atoms with E-state index in [1.807, 2.05) is 32.9 Å². The molecule has 0 rings (SSSR count). The summed E-state index contributed by atoms with van der Waals surface area (Å²) in [6.07, 6.45) is 5.87. The van der Waals surface area contributed by atoms with Gasteiger partial charge in [0.05, 0.1) is 26.4 Å². The van der Waals surface area contributed by atoms with Crippen molar-refractivity contribution in [2.24, 2.45) is 5.41 Å². The van der Waals surface area contributed by atoms with Gasteiger partial charge in [0.2, 0.25) is 0 Å². The topological polar surface area (TPSA) is 61.8 Å². The van der Waals surface area contributed by atoms with Crippen LogP contribution >= 0.6 is 0 Å². The predicted octanol–water partition coefficient (Wildman–Crippen LogP) is 3.99. The van der Waals surface area contributed by atoms with Crippen LogP contribution in [-0.4, -0.2) is 38.4 Å². The molecule has 0 atom stereocenters. The smallest absolute Gasteiger partial charge is 0.324 e. The molecule has 0 radical (unpaired) electrons. The Balaban J connectivity index is 5.63. The third kappa shape index (κ3) is 8.16. The number of esters is 2. The Morgan fingerprint density at radius 2 is 1.52 bits per heavy atom. The summed E-state index contributed by atoms with van der Waals surface area (Å²) in [5.74, 6) is -1.10. The van der Waals surface area contributed by atoms with Gasteiger partial charge in [-0.15, -0.1) is 6.58 Å². The number of hydrogen-bond acceptors (Lipinski definition) is 5. The molecule has 0 spiro atoms. The second kappa shape index (κ2) is 12.5. The van der Waals surface area contributed by atoms with Gasteiger partial charge in [-0.2, -0.15) is 0 Å². The first-order valence-corrected chi connectivity index (χ1v) is 8.66. The number of hydrogen-bond donors (Lipinski definition) is 0. The molecule has 0 saturated carbocycles. The molecular formula is C20H32O5. The summed E-state index contributed by atoms with van der Waals surface area (Å²) < 4.78 is 15.8. The molecule has 0 fully saturated rings. The van der Waals surface area contributed by atoms with Gasteiger partial charge < -0.3 is 14.2 Å². The SMILES string of the molecule is C=CCOC/C=C(\C)CC(CC=C(C)C)(C(=O)OCC)C(=O)OCC. The lowest BCUT2D eigenvalue weighted by atomic mass is 9.78. The minimum absolute atomic E-state index is 0.208. The van der Waals surface area contributed by atoms with E-state index >= 15 is 0 Å². The number of carbonyl (C=O) groups excluding carboxylic acids is 2. The third-order valence-electron chi connectivity index (χ3n) is 3.56. The molecule has 0 bridgehead atoms. The van der Waals surface area contributed by atoms with E-state index < -0.39 is 17.4 Å². The van der Waals surface area contributed by atoms with Crippen molar-refractivity contribution in [3.8, 4) is 0 Å². The zero-order valence-corrected chi connectivity index (χ0v) is 16.2. The Labute approximate surface area is 151 Å². The summed E-state index contributed by atoms with van der Waals surface area (Å²) in [5.41, 5.74) is 0.517. The number of carbonyl (C=O) groups is 2. The predicted molar refractivity (Wildman–Crippen MR) is 99.1 cm³/mol. The van der Waals surface area contributed by atoms with E-state index in [1.54, 1.807) is 19.9 Å². The first kappa shape index (κ1) is 23.1. The minimum Gasteiger partial charge on any atom is -0.465 e. The van der Waals surface area contributed by atoms with Crippen LogP contribution in [0.25, 0.3) is 0 Å². The summed E-state index contributed by atoms with van der Waals surface area (Å²) in [6, 6.07) is 0. The van der Waals surface area contributed by atoms with Crippen LogP contribution in [0.1, 0.15) is 47.5 Å². The second-order valence-electron chi connectivity index (χ2n) is 6.06. The van der Waals surface area contributed by atoms with Gasteiger partial charge in [0.15, 0.2) is 5.41 Å². The normalized spacial score (nSPS) is 11.6. The molecule has 0 aromatic rings. The third-order valence-corrected chi connectivity index (χ3v) is 3.56. The molecule has 5 nitrogen and oxygen atoms in total. The molecule has 0 aromatic carbocycles. The fraction of sp³-hybridized carbons (Fsp3) is 0.600. The highest BCUT2D eigenvalue weighted by Crippen LogP contribution is 2.35. The van der Waals surface area contributed by atoms with Crippen molar-refractivity contribution in [2.45, 2.75) is 47.5 Å². The first-order chi connectivity index (χ1) is 11.8. The molecule has 0 aliphatic heterocycles. The highest BCUT2D eigenvalue weighted by Gasteiger charge is 2.48. The van der Waals surface area contributed by atoms with Gasteiger partial charge in [0.1, 0.15) is 0 Å². The van der Waals surface area contributed by atoms with Crippen molar-refractivity contribution in [2.75, 3.05) is 26.4 Å². The van der Waals surface area contributed by atoms with Crippen LogP contribution in [0.5, 0.6) is 0 Å². The van der Waals surface area contributed by atoms with Gasteiger partial charge in [0, 0.05) is 0 Å². The van der Waals surface area contributed by atoms with Crippen LogP contribution in [0.4, 0.5) is 0 Å². The summed E-state index contributed by atoms with van der Waals surface area (Å²) in [6.45, 7) is 14.0. The van der Waals surface area contributed by atoms with Crippen LogP contribution in [0.3, 0.4) is 0 Å². The van der Waals surface area contributed by atoms with Gasteiger partial charge in [-0.05, 0) is 47.5 Å². The van der Waals surface area contributed by atoms with Crippen molar-refractivity contribution >= 4 is 11.9 Å². The lowest BCUT2D eigenvalue weighted by Gasteiger charge is -2.28. The summed E-state index contributed by atoms with van der Waals surface area (Å²) in [5, 5.41) is 0. The van der Waals surface area contributed by atoms with Crippen LogP contribution in [0.2, 0.25) is 0 Å². The molecule has 0 unspecified atom stereocenters. The van der Waals surface area contributed by atoms with E-state index in [2.05, 4.69) is 6.58 Å². The monoisotopic (exact) mass is 352 g/mol. The zero-order valence-electron chi connectivity index (χ0n) is 16.2. The molecule has 0 amide bonds. The summed E-state index contributed by atoms with van der Waals surface area (Å²) >= 11 is 0. The lowest BCUT2D eigenvalue weighted by molar-refractivity contribution is -0.171. The minimum atomic E-state index is -1.37. The summed E-state index contributed by atoms with van der Waals surface area (Å²) in [7, 11) is 0. The standard InChI is InChI=1S/C20H32O5/c1-7-13-23-14-11-17(6)15-20(12-10-16(4)5,18(21)24-8-2)19(22)25-9-3/h7,10-11H,1,8-9,12-15H2,2-6H3/b17-11+. The van der Waals surface area contributed by atoms with Gasteiger partial charge in [-0.1, -0.05) is 29.4 Å². The zero-order chi connectivity index (χ0) is 19.3. The average molecular weight is 352 g/mol. The first-order valence-electron chi connectivity index (χ1n) is 8.66. The highest BCUT2D eigenvalue weighted by molar-refractivity contribution is 6.00. The molecule has 142 valence electrons. The number of rotatable bonds is 12. The van der Waals surface area contributed by atoms with E-state index in [0.717, 1.165) is 11.1 Å². The molecular weight excluding hydrogens is 320 g/mol. The number of allylic oxidation sites excluding steroid dienone is 3. The van der Waals surface area contributed by atoms with Gasteiger partial charge >= 0.3 is 11.9 Å². The Morgan fingerprint density at radius 1 is 0.960 bits per heavy atom. The van der Waals surface area contributed by atoms with Crippen LogP contribution < -0.4 is 0 Å². The molecule has 25 heavy (non-hydrogen) atoms. The quantitative estimate of drug-likeness (QED) is 0.230. The molecule has 5 heteroatoms. The van der Waals surface area contributed by atoms with Crippen molar-refractivity contribution in [3.05, 3.63) is 36.0 Å². The molecule has 0 aromatic heterocycles. The van der Waals surface area contributed by atoms with E-state index in [9.17, 15) is 9.59 Å². The largest absolute Gasteiger partial charge is 0.465 e. The van der Waals surface area contributed by atoms with Crippen molar-refractivity contribution in [1.29, 1.82) is 0 Å². The van der Waals surface area contributed by atoms with E-state index in [-0.39, 0.29) is 26.1 Å². The molecule has 0 saturated heterocycles. The van der Waals surface area contributed by atoms with Crippen molar-refractivity contribution in [1.82, 2.24) is 0 Å². The van der Waals surface area contributed by atoms with Crippen LogP contribution in [0.15, 0.2) is 36.0 Å². The van der Waals surface area contributed by atoms with Gasteiger partial charge in [-0.25, -0.2) is 0 Å². The van der Waals surface area contributed by atoms with Crippen molar-refractivity contribution in [3.63, 3.8) is 0 Å². The molecule has 0 aliphatic rings. The fourth-order valence-electron chi connectivity index (χ4n) is 2.28. The maximum absolute atomic E-state index is 12.7. The Bertz CT molecular complexity index is 480. The molecule has 0 heterocycles.